The number of nitro benzene ring substituents is 1. The third kappa shape index (κ3) is 4.71. The minimum atomic E-state index is -3.66. The van der Waals surface area contributed by atoms with Gasteiger partial charge in [0.1, 0.15) is 0 Å². The van der Waals surface area contributed by atoms with Gasteiger partial charge in [-0.15, -0.1) is 0 Å². The highest BCUT2D eigenvalue weighted by atomic mass is 32.2. The SMILES string of the molecule is COCCN1CCCC1CNS(=O)(=O)c1ccc([N+](=O)[O-])cc1. The van der Waals surface area contributed by atoms with Crippen LogP contribution in [0.4, 0.5) is 5.69 Å². The third-order valence-electron chi connectivity index (χ3n) is 3.95. The maximum absolute atomic E-state index is 12.3. The quantitative estimate of drug-likeness (QED) is 0.558. The Kier molecular flexibility index (Phi) is 6.05. The first kappa shape index (κ1) is 17.8. The molecule has 128 valence electrons. The van der Waals surface area contributed by atoms with Crippen LogP contribution in [0.25, 0.3) is 0 Å². The summed E-state index contributed by atoms with van der Waals surface area (Å²) in [4.78, 5) is 12.3. The molecule has 0 bridgehead atoms. The molecule has 0 spiro atoms. The lowest BCUT2D eigenvalue weighted by molar-refractivity contribution is -0.384. The number of benzene rings is 1. The van der Waals surface area contributed by atoms with Crippen LogP contribution in [-0.2, 0) is 14.8 Å². The monoisotopic (exact) mass is 343 g/mol. The fourth-order valence-corrected chi connectivity index (χ4v) is 3.74. The van der Waals surface area contributed by atoms with Gasteiger partial charge in [-0.25, -0.2) is 13.1 Å². The number of nitro groups is 1. The highest BCUT2D eigenvalue weighted by molar-refractivity contribution is 7.89. The standard InChI is InChI=1S/C14H21N3O5S/c1-22-10-9-16-8-2-3-13(16)11-15-23(20,21)14-6-4-12(5-7-14)17(18)19/h4-7,13,15H,2-3,8-11H2,1H3. The molecule has 1 aliphatic rings. The van der Waals surface area contributed by atoms with Gasteiger partial charge in [0.25, 0.3) is 5.69 Å². The molecule has 1 atom stereocenters. The number of hydrogen-bond acceptors (Lipinski definition) is 6. The van der Waals surface area contributed by atoms with Crippen LogP contribution in [0.15, 0.2) is 29.2 Å². The zero-order valence-electron chi connectivity index (χ0n) is 13.0. The second kappa shape index (κ2) is 7.82. The summed E-state index contributed by atoms with van der Waals surface area (Å²) in [5.74, 6) is 0. The van der Waals surface area contributed by atoms with Crippen molar-refractivity contribution in [1.29, 1.82) is 0 Å². The number of likely N-dealkylation sites (tertiary alicyclic amines) is 1. The van der Waals surface area contributed by atoms with Crippen molar-refractivity contribution in [3.8, 4) is 0 Å². The second-order valence-electron chi connectivity index (χ2n) is 5.43. The van der Waals surface area contributed by atoms with Crippen LogP contribution in [0.2, 0.25) is 0 Å². The lowest BCUT2D eigenvalue weighted by Gasteiger charge is -2.24. The van der Waals surface area contributed by atoms with Crippen LogP contribution in [0, 0.1) is 10.1 Å². The van der Waals surface area contributed by atoms with Gasteiger partial charge in [-0.05, 0) is 31.5 Å². The summed E-state index contributed by atoms with van der Waals surface area (Å²) in [6.07, 6.45) is 1.97. The van der Waals surface area contributed by atoms with Crippen LogP contribution < -0.4 is 4.72 Å². The molecular weight excluding hydrogens is 322 g/mol. The van der Waals surface area contributed by atoms with E-state index in [2.05, 4.69) is 9.62 Å². The maximum atomic E-state index is 12.3. The van der Waals surface area contributed by atoms with Crippen molar-refractivity contribution in [3.05, 3.63) is 34.4 Å². The zero-order chi connectivity index (χ0) is 16.9. The van der Waals surface area contributed by atoms with E-state index in [0.29, 0.717) is 13.2 Å². The molecule has 8 nitrogen and oxygen atoms in total. The predicted molar refractivity (Wildman–Crippen MR) is 84.8 cm³/mol. The van der Waals surface area contributed by atoms with Crippen LogP contribution in [0.1, 0.15) is 12.8 Å². The number of methoxy groups -OCH3 is 1. The lowest BCUT2D eigenvalue weighted by atomic mass is 10.2. The van der Waals surface area contributed by atoms with E-state index in [1.54, 1.807) is 7.11 Å². The first-order chi connectivity index (χ1) is 10.9. The average molecular weight is 343 g/mol. The summed E-state index contributed by atoms with van der Waals surface area (Å²) < 4.78 is 32.2. The third-order valence-corrected chi connectivity index (χ3v) is 5.39. The van der Waals surface area contributed by atoms with Crippen molar-refractivity contribution in [1.82, 2.24) is 9.62 Å². The molecule has 1 saturated heterocycles. The van der Waals surface area contributed by atoms with Crippen molar-refractivity contribution in [2.24, 2.45) is 0 Å². The molecule has 1 aromatic carbocycles. The van der Waals surface area contributed by atoms with Gasteiger partial charge < -0.3 is 4.74 Å². The van der Waals surface area contributed by atoms with Gasteiger partial charge in [0.05, 0.1) is 16.4 Å². The number of non-ortho nitro benzene ring substituents is 1. The number of sulfonamides is 1. The predicted octanol–water partition coefficient (Wildman–Crippen LogP) is 0.984. The van der Waals surface area contributed by atoms with Gasteiger partial charge in [0.2, 0.25) is 10.0 Å². The lowest BCUT2D eigenvalue weighted by Crippen LogP contribution is -2.41. The van der Waals surface area contributed by atoms with E-state index >= 15 is 0 Å². The molecule has 2 rings (SSSR count). The molecular formula is C14H21N3O5S. The minimum absolute atomic E-state index is 0.0320. The Labute approximate surface area is 135 Å². The van der Waals surface area contributed by atoms with Crippen LogP contribution in [0.5, 0.6) is 0 Å². The average Bonchev–Trinajstić information content (AvgIpc) is 2.98. The summed E-state index contributed by atoms with van der Waals surface area (Å²) >= 11 is 0. The number of ether oxygens (including phenoxy) is 1. The molecule has 1 fully saturated rings. The number of nitrogens with zero attached hydrogens (tertiary/aromatic N) is 2. The summed E-state index contributed by atoms with van der Waals surface area (Å²) in [6, 6.07) is 5.03. The molecule has 1 N–H and O–H groups in total. The Morgan fingerprint density at radius 3 is 2.70 bits per heavy atom. The van der Waals surface area contributed by atoms with Crippen LogP contribution in [-0.4, -0.2) is 57.6 Å². The van der Waals surface area contributed by atoms with Crippen molar-refractivity contribution >= 4 is 15.7 Å². The summed E-state index contributed by atoms with van der Waals surface area (Å²) in [6.45, 7) is 2.66. The Bertz CT molecular complexity index is 632. The molecule has 1 heterocycles. The number of rotatable bonds is 8. The zero-order valence-corrected chi connectivity index (χ0v) is 13.8. The van der Waals surface area contributed by atoms with E-state index in [1.807, 2.05) is 0 Å². The van der Waals surface area contributed by atoms with E-state index in [0.717, 1.165) is 25.9 Å². The Hall–Kier alpha value is -1.55. The Morgan fingerprint density at radius 1 is 1.39 bits per heavy atom. The van der Waals surface area contributed by atoms with Crippen molar-refractivity contribution in [2.45, 2.75) is 23.8 Å². The molecule has 0 amide bonds. The smallest absolute Gasteiger partial charge is 0.269 e. The van der Waals surface area contributed by atoms with Gasteiger partial charge >= 0.3 is 0 Å². The molecule has 9 heteroatoms. The van der Waals surface area contributed by atoms with E-state index in [1.165, 1.54) is 24.3 Å². The van der Waals surface area contributed by atoms with Crippen LogP contribution in [0.3, 0.4) is 0 Å². The van der Waals surface area contributed by atoms with Gasteiger partial charge in [0.15, 0.2) is 0 Å². The first-order valence-electron chi connectivity index (χ1n) is 7.41. The summed E-state index contributed by atoms with van der Waals surface area (Å²) in [7, 11) is -2.02. The fraction of sp³-hybridized carbons (Fsp3) is 0.571. The second-order valence-corrected chi connectivity index (χ2v) is 7.19. The minimum Gasteiger partial charge on any atom is -0.383 e. The topological polar surface area (TPSA) is 102 Å². The summed E-state index contributed by atoms with van der Waals surface area (Å²) in [5.41, 5.74) is -0.134. The van der Waals surface area contributed by atoms with Gasteiger partial charge in [-0.1, -0.05) is 0 Å². The Balaban J connectivity index is 1.96. The highest BCUT2D eigenvalue weighted by Crippen LogP contribution is 2.18. The van der Waals surface area contributed by atoms with E-state index in [4.69, 9.17) is 4.74 Å². The molecule has 1 aliphatic heterocycles. The molecule has 23 heavy (non-hydrogen) atoms. The van der Waals surface area contributed by atoms with Crippen molar-refractivity contribution in [2.75, 3.05) is 33.4 Å². The van der Waals surface area contributed by atoms with E-state index in [-0.39, 0.29) is 16.6 Å². The van der Waals surface area contributed by atoms with Crippen molar-refractivity contribution in [3.63, 3.8) is 0 Å². The molecule has 0 aliphatic carbocycles. The number of nitrogens with one attached hydrogen (secondary N) is 1. The van der Waals surface area contributed by atoms with E-state index < -0.39 is 14.9 Å². The summed E-state index contributed by atoms with van der Waals surface area (Å²) in [5, 5.41) is 10.6. The molecule has 0 aromatic heterocycles. The first-order valence-corrected chi connectivity index (χ1v) is 8.89. The Morgan fingerprint density at radius 2 is 2.09 bits per heavy atom. The van der Waals surface area contributed by atoms with Crippen LogP contribution >= 0.6 is 0 Å². The van der Waals surface area contributed by atoms with Gasteiger partial charge in [-0.3, -0.25) is 15.0 Å². The molecule has 0 radical (unpaired) electrons. The normalized spacial score (nSPS) is 19.1. The van der Waals surface area contributed by atoms with Crippen molar-refractivity contribution < 1.29 is 18.1 Å². The largest absolute Gasteiger partial charge is 0.383 e. The van der Waals surface area contributed by atoms with Gasteiger partial charge in [-0.2, -0.15) is 0 Å². The number of hydrogen-bond donors (Lipinski definition) is 1. The highest BCUT2D eigenvalue weighted by Gasteiger charge is 2.26. The fourth-order valence-electron chi connectivity index (χ4n) is 2.67. The van der Waals surface area contributed by atoms with Gasteiger partial charge in [0, 0.05) is 38.4 Å². The molecule has 1 unspecified atom stereocenters. The maximum Gasteiger partial charge on any atom is 0.269 e. The molecule has 0 saturated carbocycles. The molecule has 1 aromatic rings. The van der Waals surface area contributed by atoms with E-state index in [9.17, 15) is 18.5 Å².